The SMILES string of the molecule is CCOC(=O)c1ncc2nc(C)c(C)cn12. The van der Waals surface area contributed by atoms with Gasteiger partial charge in [-0.05, 0) is 26.3 Å². The van der Waals surface area contributed by atoms with Crippen molar-refractivity contribution in [3.63, 3.8) is 0 Å². The van der Waals surface area contributed by atoms with Crippen LogP contribution in [-0.2, 0) is 4.74 Å². The highest BCUT2D eigenvalue weighted by Gasteiger charge is 2.14. The number of hydrogen-bond acceptors (Lipinski definition) is 4. The number of ether oxygens (including phenoxy) is 1. The van der Waals surface area contributed by atoms with Crippen molar-refractivity contribution in [1.82, 2.24) is 14.4 Å². The molecule has 2 rings (SSSR count). The average molecular weight is 219 g/mol. The molecule has 0 saturated heterocycles. The smallest absolute Gasteiger partial charge is 0.374 e. The predicted octanol–water partition coefficient (Wildman–Crippen LogP) is 1.52. The first-order chi connectivity index (χ1) is 7.63. The van der Waals surface area contributed by atoms with Crippen LogP contribution in [0.1, 0.15) is 28.8 Å². The number of imidazole rings is 1. The molecule has 0 bridgehead atoms. The molecular weight excluding hydrogens is 206 g/mol. The summed E-state index contributed by atoms with van der Waals surface area (Å²) in [6, 6.07) is 0. The van der Waals surface area contributed by atoms with Crippen molar-refractivity contribution >= 4 is 11.6 Å². The number of aromatic nitrogens is 3. The largest absolute Gasteiger partial charge is 0.460 e. The van der Waals surface area contributed by atoms with E-state index in [1.807, 2.05) is 20.0 Å². The zero-order valence-electron chi connectivity index (χ0n) is 9.52. The minimum Gasteiger partial charge on any atom is -0.460 e. The Balaban J connectivity index is 2.56. The first-order valence-electron chi connectivity index (χ1n) is 5.12. The lowest BCUT2D eigenvalue weighted by molar-refractivity contribution is 0.0511. The van der Waals surface area contributed by atoms with Crippen molar-refractivity contribution in [2.45, 2.75) is 20.8 Å². The highest BCUT2D eigenvalue weighted by Crippen LogP contribution is 2.10. The van der Waals surface area contributed by atoms with Crippen molar-refractivity contribution in [2.75, 3.05) is 6.61 Å². The van der Waals surface area contributed by atoms with Crippen LogP contribution in [0.2, 0.25) is 0 Å². The Morgan fingerprint density at radius 1 is 1.50 bits per heavy atom. The van der Waals surface area contributed by atoms with Gasteiger partial charge in [-0.15, -0.1) is 0 Å². The normalized spacial score (nSPS) is 10.7. The van der Waals surface area contributed by atoms with Gasteiger partial charge in [0, 0.05) is 11.9 Å². The molecule has 0 saturated carbocycles. The number of fused-ring (bicyclic) bond motifs is 1. The molecule has 5 nitrogen and oxygen atoms in total. The van der Waals surface area contributed by atoms with E-state index in [0.29, 0.717) is 12.3 Å². The van der Waals surface area contributed by atoms with Gasteiger partial charge < -0.3 is 4.74 Å². The third-order valence-electron chi connectivity index (χ3n) is 2.41. The van der Waals surface area contributed by atoms with E-state index in [-0.39, 0.29) is 5.82 Å². The fourth-order valence-electron chi connectivity index (χ4n) is 1.46. The van der Waals surface area contributed by atoms with Gasteiger partial charge in [-0.3, -0.25) is 4.40 Å². The molecular formula is C11H13N3O2. The first kappa shape index (κ1) is 10.6. The van der Waals surface area contributed by atoms with Crippen LogP contribution in [0.15, 0.2) is 12.4 Å². The number of hydrogen-bond donors (Lipinski definition) is 0. The zero-order valence-corrected chi connectivity index (χ0v) is 9.52. The van der Waals surface area contributed by atoms with Gasteiger partial charge in [-0.25, -0.2) is 14.8 Å². The van der Waals surface area contributed by atoms with Crippen LogP contribution >= 0.6 is 0 Å². The fourth-order valence-corrected chi connectivity index (χ4v) is 1.46. The molecule has 0 fully saturated rings. The van der Waals surface area contributed by atoms with Crippen LogP contribution in [0, 0.1) is 13.8 Å². The lowest BCUT2D eigenvalue weighted by atomic mass is 10.3. The average Bonchev–Trinajstić information content (AvgIpc) is 2.62. The van der Waals surface area contributed by atoms with E-state index in [0.717, 1.165) is 11.3 Å². The van der Waals surface area contributed by atoms with Crippen molar-refractivity contribution < 1.29 is 9.53 Å². The third-order valence-corrected chi connectivity index (χ3v) is 2.41. The summed E-state index contributed by atoms with van der Waals surface area (Å²) in [6.45, 7) is 5.97. The van der Waals surface area contributed by atoms with Gasteiger partial charge in [-0.1, -0.05) is 0 Å². The van der Waals surface area contributed by atoms with Gasteiger partial charge >= 0.3 is 5.97 Å². The van der Waals surface area contributed by atoms with Gasteiger partial charge in [0.2, 0.25) is 5.82 Å². The highest BCUT2D eigenvalue weighted by molar-refractivity contribution is 5.86. The maximum absolute atomic E-state index is 11.6. The minimum atomic E-state index is -0.424. The molecule has 0 radical (unpaired) electrons. The second-order valence-electron chi connectivity index (χ2n) is 3.54. The molecule has 84 valence electrons. The Morgan fingerprint density at radius 3 is 2.94 bits per heavy atom. The van der Waals surface area contributed by atoms with E-state index in [4.69, 9.17) is 4.74 Å². The van der Waals surface area contributed by atoms with Gasteiger partial charge in [-0.2, -0.15) is 0 Å². The molecule has 0 spiro atoms. The molecule has 0 aliphatic rings. The second-order valence-corrected chi connectivity index (χ2v) is 3.54. The van der Waals surface area contributed by atoms with E-state index in [1.165, 1.54) is 0 Å². The number of carbonyl (C=O) groups excluding carboxylic acids is 1. The van der Waals surface area contributed by atoms with E-state index in [9.17, 15) is 4.79 Å². The lowest BCUT2D eigenvalue weighted by Crippen LogP contribution is -2.10. The molecule has 0 amide bonds. The summed E-state index contributed by atoms with van der Waals surface area (Å²) >= 11 is 0. The molecule has 0 unspecified atom stereocenters. The van der Waals surface area contributed by atoms with Crippen LogP contribution in [-0.4, -0.2) is 26.9 Å². The number of nitrogens with zero attached hydrogens (tertiary/aromatic N) is 3. The van der Waals surface area contributed by atoms with E-state index >= 15 is 0 Å². The summed E-state index contributed by atoms with van der Waals surface area (Å²) < 4.78 is 6.57. The number of esters is 1. The van der Waals surface area contributed by atoms with Crippen LogP contribution < -0.4 is 0 Å². The molecule has 2 heterocycles. The Bertz CT molecular complexity index is 545. The Hall–Kier alpha value is -1.91. The van der Waals surface area contributed by atoms with Crippen LogP contribution in [0.5, 0.6) is 0 Å². The zero-order chi connectivity index (χ0) is 11.7. The topological polar surface area (TPSA) is 56.5 Å². The van der Waals surface area contributed by atoms with Gasteiger partial charge in [0.15, 0.2) is 5.65 Å². The standard InChI is InChI=1S/C11H13N3O2/c1-4-16-11(15)10-12-5-9-13-8(3)7(2)6-14(9)10/h5-6H,4H2,1-3H3. The molecule has 16 heavy (non-hydrogen) atoms. The summed E-state index contributed by atoms with van der Waals surface area (Å²) in [5.74, 6) is -0.153. The molecule has 0 aromatic carbocycles. The van der Waals surface area contributed by atoms with Crippen molar-refractivity contribution in [1.29, 1.82) is 0 Å². The summed E-state index contributed by atoms with van der Waals surface area (Å²) in [4.78, 5) is 19.9. The summed E-state index contributed by atoms with van der Waals surface area (Å²) in [5.41, 5.74) is 2.60. The summed E-state index contributed by atoms with van der Waals surface area (Å²) in [5, 5.41) is 0. The summed E-state index contributed by atoms with van der Waals surface area (Å²) in [6.07, 6.45) is 3.41. The van der Waals surface area contributed by atoms with Gasteiger partial charge in [0.05, 0.1) is 12.8 Å². The Kier molecular flexibility index (Phi) is 2.60. The number of carbonyl (C=O) groups is 1. The Labute approximate surface area is 93.1 Å². The van der Waals surface area contributed by atoms with Gasteiger partial charge in [0.25, 0.3) is 0 Å². The predicted molar refractivity (Wildman–Crippen MR) is 58.4 cm³/mol. The van der Waals surface area contributed by atoms with Gasteiger partial charge in [0.1, 0.15) is 0 Å². The quantitative estimate of drug-likeness (QED) is 0.718. The fraction of sp³-hybridized carbons (Fsp3) is 0.364. The molecule has 2 aromatic heterocycles. The lowest BCUT2D eigenvalue weighted by Gasteiger charge is -2.03. The van der Waals surface area contributed by atoms with Crippen LogP contribution in [0.25, 0.3) is 5.65 Å². The van der Waals surface area contributed by atoms with Crippen molar-refractivity contribution in [3.05, 3.63) is 29.5 Å². The van der Waals surface area contributed by atoms with E-state index in [2.05, 4.69) is 9.97 Å². The van der Waals surface area contributed by atoms with E-state index in [1.54, 1.807) is 17.5 Å². The van der Waals surface area contributed by atoms with Crippen molar-refractivity contribution in [3.8, 4) is 0 Å². The van der Waals surface area contributed by atoms with Crippen LogP contribution in [0.4, 0.5) is 0 Å². The monoisotopic (exact) mass is 219 g/mol. The Morgan fingerprint density at radius 2 is 2.25 bits per heavy atom. The highest BCUT2D eigenvalue weighted by atomic mass is 16.5. The minimum absolute atomic E-state index is 0.271. The van der Waals surface area contributed by atoms with Crippen molar-refractivity contribution in [2.24, 2.45) is 0 Å². The maximum atomic E-state index is 11.6. The third kappa shape index (κ3) is 1.64. The molecule has 5 heteroatoms. The van der Waals surface area contributed by atoms with E-state index < -0.39 is 5.97 Å². The van der Waals surface area contributed by atoms with Crippen LogP contribution in [0.3, 0.4) is 0 Å². The number of rotatable bonds is 2. The number of aryl methyl sites for hydroxylation is 2. The molecule has 2 aromatic rings. The second kappa shape index (κ2) is 3.92. The first-order valence-corrected chi connectivity index (χ1v) is 5.12. The summed E-state index contributed by atoms with van der Waals surface area (Å²) in [7, 11) is 0. The molecule has 0 aliphatic carbocycles. The molecule has 0 atom stereocenters. The molecule has 0 N–H and O–H groups in total. The maximum Gasteiger partial charge on any atom is 0.374 e. The molecule has 0 aliphatic heterocycles.